The van der Waals surface area contributed by atoms with E-state index in [1.165, 1.54) is 0 Å². The van der Waals surface area contributed by atoms with Gasteiger partial charge in [0, 0.05) is 23.4 Å². The van der Waals surface area contributed by atoms with E-state index in [9.17, 15) is 0 Å². The summed E-state index contributed by atoms with van der Waals surface area (Å²) in [5.41, 5.74) is 2.08. The van der Waals surface area contributed by atoms with Crippen LogP contribution in [0.25, 0.3) is 11.4 Å². The predicted molar refractivity (Wildman–Crippen MR) is 116 cm³/mol. The fraction of sp³-hybridized carbons (Fsp3) is 0.364. The summed E-state index contributed by atoms with van der Waals surface area (Å²) in [7, 11) is 5.01. The lowest BCUT2D eigenvalue weighted by Gasteiger charge is -2.14. The summed E-state index contributed by atoms with van der Waals surface area (Å²) in [6, 6.07) is 13.7. The Bertz CT molecular complexity index is 939. The van der Waals surface area contributed by atoms with Gasteiger partial charge in [-0.3, -0.25) is 0 Å². The van der Waals surface area contributed by atoms with Gasteiger partial charge in [0.2, 0.25) is 0 Å². The van der Waals surface area contributed by atoms with Gasteiger partial charge in [0.05, 0.1) is 21.3 Å². The van der Waals surface area contributed by atoms with Crippen molar-refractivity contribution < 1.29 is 14.2 Å². The van der Waals surface area contributed by atoms with Gasteiger partial charge in [0.15, 0.2) is 11.0 Å². The molecule has 0 spiro atoms. The quantitative estimate of drug-likeness (QED) is 0.464. The van der Waals surface area contributed by atoms with E-state index in [1.807, 2.05) is 42.5 Å². The molecule has 1 heterocycles. The van der Waals surface area contributed by atoms with Crippen molar-refractivity contribution in [2.24, 2.45) is 5.92 Å². The first-order chi connectivity index (χ1) is 14.0. The van der Waals surface area contributed by atoms with Crippen LogP contribution < -0.4 is 14.2 Å². The Kier molecular flexibility index (Phi) is 7.04. The molecule has 0 saturated heterocycles. The molecular formula is C22H27N3O3S. The van der Waals surface area contributed by atoms with Crippen LogP contribution in [0.3, 0.4) is 0 Å². The molecule has 1 aromatic heterocycles. The fourth-order valence-electron chi connectivity index (χ4n) is 3.02. The topological polar surface area (TPSA) is 58.4 Å². The smallest absolute Gasteiger partial charge is 0.191 e. The van der Waals surface area contributed by atoms with E-state index in [4.69, 9.17) is 14.2 Å². The van der Waals surface area contributed by atoms with Gasteiger partial charge >= 0.3 is 0 Å². The highest BCUT2D eigenvalue weighted by Crippen LogP contribution is 2.32. The zero-order valence-electron chi connectivity index (χ0n) is 17.5. The average molecular weight is 414 g/mol. The summed E-state index contributed by atoms with van der Waals surface area (Å²) in [6.07, 6.45) is 0. The molecule has 0 aliphatic rings. The van der Waals surface area contributed by atoms with Crippen LogP contribution >= 0.6 is 11.8 Å². The Morgan fingerprint density at radius 3 is 2.21 bits per heavy atom. The van der Waals surface area contributed by atoms with Crippen LogP contribution in [0.1, 0.15) is 19.4 Å². The third-order valence-corrected chi connectivity index (χ3v) is 5.47. The molecule has 0 N–H and O–H groups in total. The van der Waals surface area contributed by atoms with Crippen LogP contribution in [0.4, 0.5) is 0 Å². The maximum Gasteiger partial charge on any atom is 0.191 e. The molecule has 29 heavy (non-hydrogen) atoms. The van der Waals surface area contributed by atoms with E-state index in [-0.39, 0.29) is 0 Å². The number of hydrogen-bond donors (Lipinski definition) is 0. The molecular weight excluding hydrogens is 386 g/mol. The van der Waals surface area contributed by atoms with Gasteiger partial charge in [0.1, 0.15) is 17.2 Å². The number of hydrogen-bond acceptors (Lipinski definition) is 6. The van der Waals surface area contributed by atoms with Crippen molar-refractivity contribution in [3.8, 4) is 28.6 Å². The van der Waals surface area contributed by atoms with Crippen molar-refractivity contribution in [3.63, 3.8) is 0 Å². The van der Waals surface area contributed by atoms with Gasteiger partial charge in [-0.15, -0.1) is 10.2 Å². The molecule has 3 aromatic rings. The molecule has 7 heteroatoms. The summed E-state index contributed by atoms with van der Waals surface area (Å²) in [4.78, 5) is 0. The highest BCUT2D eigenvalue weighted by atomic mass is 32.2. The first-order valence-corrected chi connectivity index (χ1v) is 10.5. The van der Waals surface area contributed by atoms with E-state index < -0.39 is 0 Å². The number of rotatable bonds is 9. The standard InChI is InChI=1S/C22H27N3O3S/c1-15(2)13-25-21(16-6-8-18(26-3)9-7-16)23-24-22(25)29-14-17-12-19(27-4)10-11-20(17)28-5/h6-12,15H,13-14H2,1-5H3. The van der Waals surface area contributed by atoms with Crippen LogP contribution in [0.15, 0.2) is 47.6 Å². The summed E-state index contributed by atoms with van der Waals surface area (Å²) >= 11 is 1.64. The molecule has 0 radical (unpaired) electrons. The molecule has 0 aliphatic carbocycles. The minimum atomic E-state index is 0.466. The van der Waals surface area contributed by atoms with Crippen molar-refractivity contribution in [2.45, 2.75) is 31.3 Å². The van der Waals surface area contributed by atoms with Crippen LogP contribution in [-0.4, -0.2) is 36.1 Å². The molecule has 0 fully saturated rings. The molecule has 154 valence electrons. The van der Waals surface area contributed by atoms with Crippen LogP contribution in [0, 0.1) is 5.92 Å². The van der Waals surface area contributed by atoms with Crippen molar-refractivity contribution in [1.82, 2.24) is 14.8 Å². The van der Waals surface area contributed by atoms with Gasteiger partial charge in [-0.2, -0.15) is 0 Å². The van der Waals surface area contributed by atoms with Gasteiger partial charge in [-0.25, -0.2) is 0 Å². The Balaban J connectivity index is 1.88. The molecule has 6 nitrogen and oxygen atoms in total. The van der Waals surface area contributed by atoms with Crippen molar-refractivity contribution in [1.29, 1.82) is 0 Å². The Morgan fingerprint density at radius 2 is 1.59 bits per heavy atom. The van der Waals surface area contributed by atoms with E-state index in [0.29, 0.717) is 11.7 Å². The third-order valence-electron chi connectivity index (χ3n) is 4.46. The number of thioether (sulfide) groups is 1. The maximum atomic E-state index is 5.50. The normalized spacial score (nSPS) is 11.0. The largest absolute Gasteiger partial charge is 0.497 e. The second kappa shape index (κ2) is 9.69. The zero-order chi connectivity index (χ0) is 20.8. The summed E-state index contributed by atoms with van der Waals surface area (Å²) in [5.74, 6) is 4.50. The lowest BCUT2D eigenvalue weighted by molar-refractivity contribution is 0.400. The van der Waals surface area contributed by atoms with Gasteiger partial charge in [-0.1, -0.05) is 25.6 Å². The predicted octanol–water partition coefficient (Wildman–Crippen LogP) is 4.92. The molecule has 2 aromatic carbocycles. The molecule has 0 amide bonds. The Hall–Kier alpha value is -2.67. The van der Waals surface area contributed by atoms with Crippen LogP contribution in [0.2, 0.25) is 0 Å². The second-order valence-corrected chi connectivity index (χ2v) is 7.95. The third kappa shape index (κ3) is 5.03. The fourth-order valence-corrected chi connectivity index (χ4v) is 3.94. The van der Waals surface area contributed by atoms with Gasteiger partial charge < -0.3 is 18.8 Å². The van der Waals surface area contributed by atoms with E-state index >= 15 is 0 Å². The number of nitrogens with zero attached hydrogens (tertiary/aromatic N) is 3. The van der Waals surface area contributed by atoms with Crippen molar-refractivity contribution >= 4 is 11.8 Å². The molecule has 3 rings (SSSR count). The number of ether oxygens (including phenoxy) is 3. The van der Waals surface area contributed by atoms with E-state index in [0.717, 1.165) is 45.9 Å². The van der Waals surface area contributed by atoms with Crippen LogP contribution in [-0.2, 0) is 12.3 Å². The van der Waals surface area contributed by atoms with Crippen molar-refractivity contribution in [2.75, 3.05) is 21.3 Å². The summed E-state index contributed by atoms with van der Waals surface area (Å²) in [5, 5.41) is 9.84. The average Bonchev–Trinajstić information content (AvgIpc) is 3.13. The van der Waals surface area contributed by atoms with E-state index in [2.05, 4.69) is 28.6 Å². The second-order valence-electron chi connectivity index (χ2n) is 7.01. The molecule has 0 saturated carbocycles. The minimum absolute atomic E-state index is 0.466. The van der Waals surface area contributed by atoms with Gasteiger partial charge in [0.25, 0.3) is 0 Å². The van der Waals surface area contributed by atoms with E-state index in [1.54, 1.807) is 33.1 Å². The summed E-state index contributed by atoms with van der Waals surface area (Å²) < 4.78 is 18.3. The highest BCUT2D eigenvalue weighted by Gasteiger charge is 2.17. The molecule has 0 unspecified atom stereocenters. The van der Waals surface area contributed by atoms with Crippen LogP contribution in [0.5, 0.6) is 17.2 Å². The number of aromatic nitrogens is 3. The molecule has 0 bridgehead atoms. The maximum absolute atomic E-state index is 5.50. The Morgan fingerprint density at radius 1 is 0.897 bits per heavy atom. The number of benzene rings is 2. The zero-order valence-corrected chi connectivity index (χ0v) is 18.3. The number of methoxy groups -OCH3 is 3. The lowest BCUT2D eigenvalue weighted by Crippen LogP contribution is -2.08. The first-order valence-electron chi connectivity index (χ1n) is 9.47. The van der Waals surface area contributed by atoms with Gasteiger partial charge in [-0.05, 0) is 48.4 Å². The molecule has 0 atom stereocenters. The first kappa shape index (κ1) is 21.0. The minimum Gasteiger partial charge on any atom is -0.497 e. The highest BCUT2D eigenvalue weighted by molar-refractivity contribution is 7.98. The Labute approximate surface area is 176 Å². The lowest BCUT2D eigenvalue weighted by atomic mass is 10.2. The molecule has 0 aliphatic heterocycles. The van der Waals surface area contributed by atoms with Crippen molar-refractivity contribution in [3.05, 3.63) is 48.0 Å². The SMILES string of the molecule is COc1ccc(-c2nnc(SCc3cc(OC)ccc3OC)n2CC(C)C)cc1. The summed E-state index contributed by atoms with van der Waals surface area (Å²) in [6.45, 7) is 5.22. The monoisotopic (exact) mass is 413 g/mol.